The van der Waals surface area contributed by atoms with Crippen molar-refractivity contribution in [1.29, 1.82) is 0 Å². The molecule has 1 aliphatic rings. The molecule has 0 aromatic carbocycles. The van der Waals surface area contributed by atoms with Gasteiger partial charge in [-0.1, -0.05) is 0 Å². The molecular formula is C14H29BO5. The summed E-state index contributed by atoms with van der Waals surface area (Å²) in [6.07, 6.45) is 2.52. The third-order valence-electron chi connectivity index (χ3n) is 2.57. The number of ether oxygens (including phenoxy) is 4. The predicted molar refractivity (Wildman–Crippen MR) is 79.1 cm³/mol. The van der Waals surface area contributed by atoms with Crippen molar-refractivity contribution in [3.05, 3.63) is 0 Å². The molecule has 0 aliphatic carbocycles. The molecule has 0 saturated carbocycles. The van der Waals surface area contributed by atoms with Gasteiger partial charge in [0.1, 0.15) is 7.85 Å². The average Bonchev–Trinajstić information content (AvgIpc) is 2.83. The highest BCUT2D eigenvalue weighted by Gasteiger charge is 2.21. The lowest BCUT2D eigenvalue weighted by Crippen LogP contribution is -2.19. The SMILES string of the molecule is CCOCCOCCO.[B]C1CCC(COC(C)C)O1. The lowest BCUT2D eigenvalue weighted by Gasteiger charge is -2.13. The maximum absolute atomic E-state index is 8.26. The second kappa shape index (κ2) is 13.8. The number of aliphatic hydroxyl groups is 1. The summed E-state index contributed by atoms with van der Waals surface area (Å²) >= 11 is 0. The van der Waals surface area contributed by atoms with E-state index in [2.05, 4.69) is 0 Å². The van der Waals surface area contributed by atoms with E-state index >= 15 is 0 Å². The van der Waals surface area contributed by atoms with Gasteiger partial charge in [0.05, 0.1) is 45.2 Å². The summed E-state index contributed by atoms with van der Waals surface area (Å²) in [5.41, 5.74) is 0. The van der Waals surface area contributed by atoms with Crippen LogP contribution in [0.5, 0.6) is 0 Å². The summed E-state index contributed by atoms with van der Waals surface area (Å²) in [6.45, 7) is 9.09. The molecule has 1 heterocycles. The first kappa shape index (κ1) is 19.9. The zero-order valence-electron chi connectivity index (χ0n) is 13.0. The van der Waals surface area contributed by atoms with Crippen LogP contribution in [-0.4, -0.2) is 70.8 Å². The van der Waals surface area contributed by atoms with Crippen molar-refractivity contribution in [3.8, 4) is 0 Å². The van der Waals surface area contributed by atoms with Gasteiger partial charge in [-0.25, -0.2) is 0 Å². The lowest BCUT2D eigenvalue weighted by atomic mass is 9.97. The third kappa shape index (κ3) is 12.9. The largest absolute Gasteiger partial charge is 0.394 e. The molecule has 2 radical (unpaired) electrons. The minimum absolute atomic E-state index is 0.0595. The van der Waals surface area contributed by atoms with Crippen LogP contribution < -0.4 is 0 Å². The second-order valence-corrected chi connectivity index (χ2v) is 4.79. The third-order valence-corrected chi connectivity index (χ3v) is 2.57. The van der Waals surface area contributed by atoms with Crippen molar-refractivity contribution in [3.63, 3.8) is 0 Å². The zero-order chi connectivity index (χ0) is 15.2. The van der Waals surface area contributed by atoms with Crippen LogP contribution in [0.25, 0.3) is 0 Å². The van der Waals surface area contributed by atoms with Gasteiger partial charge in [-0.2, -0.15) is 0 Å². The number of hydrogen-bond donors (Lipinski definition) is 1. The van der Waals surface area contributed by atoms with E-state index in [9.17, 15) is 0 Å². The lowest BCUT2D eigenvalue weighted by molar-refractivity contribution is -0.0154. The van der Waals surface area contributed by atoms with Crippen LogP contribution in [0.1, 0.15) is 33.6 Å². The molecule has 0 bridgehead atoms. The number of rotatable bonds is 9. The van der Waals surface area contributed by atoms with Crippen molar-refractivity contribution in [2.24, 2.45) is 0 Å². The zero-order valence-corrected chi connectivity index (χ0v) is 13.0. The Hall–Kier alpha value is -0.135. The Bertz CT molecular complexity index is 198. The highest BCUT2D eigenvalue weighted by atomic mass is 16.5. The summed E-state index contributed by atoms with van der Waals surface area (Å²) in [5, 5.41) is 8.26. The van der Waals surface area contributed by atoms with Crippen molar-refractivity contribution >= 4 is 7.85 Å². The average molecular weight is 288 g/mol. The summed E-state index contributed by atoms with van der Waals surface area (Å²) in [4.78, 5) is 0. The predicted octanol–water partition coefficient (Wildman–Crippen LogP) is 1.12. The van der Waals surface area contributed by atoms with E-state index in [1.807, 2.05) is 20.8 Å². The van der Waals surface area contributed by atoms with E-state index in [-0.39, 0.29) is 24.8 Å². The van der Waals surface area contributed by atoms with Crippen LogP contribution in [0, 0.1) is 0 Å². The quantitative estimate of drug-likeness (QED) is 0.509. The smallest absolute Gasteiger partial charge is 0.109 e. The van der Waals surface area contributed by atoms with Gasteiger partial charge in [0.2, 0.25) is 0 Å². The molecule has 5 nitrogen and oxygen atoms in total. The molecule has 1 saturated heterocycles. The van der Waals surface area contributed by atoms with Crippen LogP contribution in [-0.2, 0) is 18.9 Å². The molecule has 1 fully saturated rings. The minimum atomic E-state index is -0.0595. The number of aliphatic hydroxyl groups excluding tert-OH is 1. The molecule has 2 unspecified atom stereocenters. The van der Waals surface area contributed by atoms with Crippen molar-refractivity contribution in [2.45, 2.75) is 51.8 Å². The monoisotopic (exact) mass is 288 g/mol. The molecule has 6 heteroatoms. The van der Waals surface area contributed by atoms with Crippen molar-refractivity contribution < 1.29 is 24.1 Å². The molecule has 20 heavy (non-hydrogen) atoms. The summed E-state index contributed by atoms with van der Waals surface area (Å²) in [7, 11) is 5.55. The minimum Gasteiger partial charge on any atom is -0.394 e. The van der Waals surface area contributed by atoms with Gasteiger partial charge >= 0.3 is 0 Å². The van der Waals surface area contributed by atoms with Crippen LogP contribution in [0.15, 0.2) is 0 Å². The molecule has 2 atom stereocenters. The maximum atomic E-state index is 8.26. The van der Waals surface area contributed by atoms with Crippen LogP contribution in [0.3, 0.4) is 0 Å². The fourth-order valence-corrected chi connectivity index (χ4v) is 1.58. The Morgan fingerprint density at radius 3 is 2.40 bits per heavy atom. The molecule has 1 aliphatic heterocycles. The normalized spacial score (nSPS) is 21.9. The van der Waals surface area contributed by atoms with Gasteiger partial charge < -0.3 is 24.1 Å². The van der Waals surface area contributed by atoms with E-state index in [0.717, 1.165) is 19.4 Å². The van der Waals surface area contributed by atoms with E-state index in [1.54, 1.807) is 0 Å². The molecule has 0 aromatic rings. The van der Waals surface area contributed by atoms with E-state index in [0.29, 0.717) is 26.4 Å². The van der Waals surface area contributed by atoms with Crippen LogP contribution >= 0.6 is 0 Å². The van der Waals surface area contributed by atoms with Gasteiger partial charge in [0.25, 0.3) is 0 Å². The Morgan fingerprint density at radius 1 is 1.20 bits per heavy atom. The van der Waals surface area contributed by atoms with E-state index < -0.39 is 0 Å². The van der Waals surface area contributed by atoms with Crippen molar-refractivity contribution in [2.75, 3.05) is 39.6 Å². The Labute approximate surface area is 124 Å². The molecule has 0 amide bonds. The Kier molecular flexibility index (Phi) is 13.7. The van der Waals surface area contributed by atoms with E-state index in [4.69, 9.17) is 31.9 Å². The summed E-state index contributed by atoms with van der Waals surface area (Å²) in [5.74, 6) is 0. The number of hydrogen-bond acceptors (Lipinski definition) is 5. The van der Waals surface area contributed by atoms with Gasteiger partial charge in [-0.05, 0) is 33.6 Å². The molecule has 0 aromatic heterocycles. The molecule has 0 spiro atoms. The highest BCUT2D eigenvalue weighted by molar-refractivity contribution is 6.11. The summed E-state index contributed by atoms with van der Waals surface area (Å²) < 4.78 is 20.6. The van der Waals surface area contributed by atoms with Gasteiger partial charge in [-0.15, -0.1) is 0 Å². The Morgan fingerprint density at radius 2 is 1.90 bits per heavy atom. The van der Waals surface area contributed by atoms with Crippen LogP contribution in [0.4, 0.5) is 0 Å². The fourth-order valence-electron chi connectivity index (χ4n) is 1.58. The maximum Gasteiger partial charge on any atom is 0.109 e. The van der Waals surface area contributed by atoms with Crippen LogP contribution in [0.2, 0.25) is 0 Å². The van der Waals surface area contributed by atoms with E-state index in [1.165, 1.54) is 0 Å². The standard InChI is InChI=1S/C8H15BO2.C6H14O3/c1-6(2)10-5-7-3-4-8(9)11-7;1-2-8-5-6-9-4-3-7/h6-8H,3-5H2,1-2H3;7H,2-6H2,1H3. The highest BCUT2D eigenvalue weighted by Crippen LogP contribution is 2.17. The van der Waals surface area contributed by atoms with Gasteiger partial charge in [0.15, 0.2) is 0 Å². The topological polar surface area (TPSA) is 57.2 Å². The first-order valence-corrected chi connectivity index (χ1v) is 7.39. The molecular weight excluding hydrogens is 259 g/mol. The second-order valence-electron chi connectivity index (χ2n) is 4.79. The molecule has 118 valence electrons. The first-order valence-electron chi connectivity index (χ1n) is 7.39. The van der Waals surface area contributed by atoms with Gasteiger partial charge in [-0.3, -0.25) is 0 Å². The van der Waals surface area contributed by atoms with Crippen molar-refractivity contribution in [1.82, 2.24) is 0 Å². The first-order chi connectivity index (χ1) is 9.60. The fraction of sp³-hybridized carbons (Fsp3) is 1.00. The molecule has 1 N–H and O–H groups in total. The summed E-state index contributed by atoms with van der Waals surface area (Å²) in [6, 6.07) is -0.0595. The molecule has 1 rings (SSSR count). The Balaban J connectivity index is 0.000000370. The van der Waals surface area contributed by atoms with Gasteiger partial charge in [0, 0.05) is 12.6 Å².